The van der Waals surface area contributed by atoms with Crippen LogP contribution in [0.4, 0.5) is 8.78 Å². The molecular formula is C12H11BrF2N2O2. The maximum atomic E-state index is 12.6. The number of halogens is 3. The van der Waals surface area contributed by atoms with Crippen LogP contribution in [0.25, 0.3) is 0 Å². The highest BCUT2D eigenvalue weighted by Gasteiger charge is 2.12. The Labute approximate surface area is 116 Å². The normalized spacial score (nSPS) is 11.0. The monoisotopic (exact) mass is 332 g/mol. The number of imidazole rings is 1. The topological polar surface area (TPSA) is 47.3 Å². The molecule has 0 fully saturated rings. The number of hydrogen-bond donors (Lipinski definition) is 1. The van der Waals surface area contributed by atoms with Gasteiger partial charge in [0.1, 0.15) is 12.4 Å². The first-order valence-corrected chi connectivity index (χ1v) is 6.23. The predicted molar refractivity (Wildman–Crippen MR) is 67.9 cm³/mol. The second kappa shape index (κ2) is 6.12. The van der Waals surface area contributed by atoms with Crippen LogP contribution >= 0.6 is 15.9 Å². The lowest BCUT2D eigenvalue weighted by atomic mass is 10.2. The summed E-state index contributed by atoms with van der Waals surface area (Å²) in [6.45, 7) is -2.77. The Morgan fingerprint density at radius 2 is 2.21 bits per heavy atom. The van der Waals surface area contributed by atoms with Gasteiger partial charge in [-0.1, -0.05) is 6.07 Å². The van der Waals surface area contributed by atoms with Crippen molar-refractivity contribution in [1.29, 1.82) is 0 Å². The second-order valence-corrected chi connectivity index (χ2v) is 4.59. The molecule has 2 rings (SSSR count). The van der Waals surface area contributed by atoms with E-state index in [2.05, 4.69) is 20.9 Å². The zero-order valence-electron chi connectivity index (χ0n) is 9.76. The lowest BCUT2D eigenvalue weighted by Crippen LogP contribution is -2.07. The summed E-state index contributed by atoms with van der Waals surface area (Å²) in [6.07, 6.45) is 2.50. The molecule has 7 heteroatoms. The second-order valence-electron chi connectivity index (χ2n) is 3.74. The van der Waals surface area contributed by atoms with E-state index in [1.165, 1.54) is 12.4 Å². The number of aliphatic hydroxyl groups excluding tert-OH is 1. The van der Waals surface area contributed by atoms with Crippen molar-refractivity contribution in [3.8, 4) is 5.75 Å². The van der Waals surface area contributed by atoms with Gasteiger partial charge >= 0.3 is 6.55 Å². The summed E-state index contributed by atoms with van der Waals surface area (Å²) in [5.41, 5.74) is 0.730. The molecule has 0 atom stereocenters. The minimum Gasteiger partial charge on any atom is -0.484 e. The smallest absolute Gasteiger partial charge is 0.320 e. The van der Waals surface area contributed by atoms with E-state index >= 15 is 0 Å². The van der Waals surface area contributed by atoms with Gasteiger partial charge in [-0.2, -0.15) is 8.78 Å². The van der Waals surface area contributed by atoms with Gasteiger partial charge < -0.3 is 9.84 Å². The van der Waals surface area contributed by atoms with Gasteiger partial charge in [-0.05, 0) is 33.6 Å². The molecule has 4 nitrogen and oxygen atoms in total. The Balaban J connectivity index is 2.08. The van der Waals surface area contributed by atoms with Gasteiger partial charge in [0.2, 0.25) is 0 Å². The van der Waals surface area contributed by atoms with Gasteiger partial charge in [0.05, 0.1) is 11.1 Å². The molecule has 0 radical (unpaired) electrons. The SMILES string of the molecule is OCc1ccc(OCc2nccn2C(F)F)c(Br)c1. The molecule has 102 valence electrons. The van der Waals surface area contributed by atoms with E-state index in [-0.39, 0.29) is 19.0 Å². The first-order valence-electron chi connectivity index (χ1n) is 5.43. The molecule has 1 N–H and O–H groups in total. The third-order valence-corrected chi connectivity index (χ3v) is 3.11. The zero-order chi connectivity index (χ0) is 13.8. The van der Waals surface area contributed by atoms with Crippen LogP contribution in [0.2, 0.25) is 0 Å². The van der Waals surface area contributed by atoms with Crippen LogP contribution in [-0.2, 0) is 13.2 Å². The summed E-state index contributed by atoms with van der Waals surface area (Å²) >= 11 is 3.29. The van der Waals surface area contributed by atoms with Crippen molar-refractivity contribution in [1.82, 2.24) is 9.55 Å². The minimum atomic E-state index is -2.64. The van der Waals surface area contributed by atoms with E-state index in [1.54, 1.807) is 18.2 Å². The fourth-order valence-electron chi connectivity index (χ4n) is 1.54. The van der Waals surface area contributed by atoms with Crippen molar-refractivity contribution in [3.63, 3.8) is 0 Å². The van der Waals surface area contributed by atoms with E-state index < -0.39 is 6.55 Å². The van der Waals surface area contributed by atoms with Crippen LogP contribution in [0.3, 0.4) is 0 Å². The van der Waals surface area contributed by atoms with Gasteiger partial charge in [-0.25, -0.2) is 4.98 Å². The van der Waals surface area contributed by atoms with Crippen LogP contribution in [0.15, 0.2) is 35.1 Å². The number of benzene rings is 1. The van der Waals surface area contributed by atoms with E-state index in [1.807, 2.05) is 0 Å². The number of nitrogens with zero attached hydrogens (tertiary/aromatic N) is 2. The number of rotatable bonds is 5. The Morgan fingerprint density at radius 3 is 2.84 bits per heavy atom. The Hall–Kier alpha value is -1.47. The molecule has 0 aliphatic carbocycles. The summed E-state index contributed by atoms with van der Waals surface area (Å²) in [5, 5.41) is 8.97. The molecule has 0 saturated carbocycles. The standard InChI is InChI=1S/C12H11BrF2N2O2/c13-9-5-8(6-18)1-2-10(9)19-7-11-16-3-4-17(11)12(14)15/h1-5,12,18H,6-7H2. The van der Waals surface area contributed by atoms with Crippen LogP contribution < -0.4 is 4.74 Å². The van der Waals surface area contributed by atoms with E-state index in [0.717, 1.165) is 10.1 Å². The average Bonchev–Trinajstić information content (AvgIpc) is 2.85. The van der Waals surface area contributed by atoms with Gasteiger partial charge in [0.15, 0.2) is 5.82 Å². The van der Waals surface area contributed by atoms with Crippen LogP contribution in [-0.4, -0.2) is 14.7 Å². The number of aliphatic hydroxyl groups is 1. The molecule has 0 spiro atoms. The van der Waals surface area contributed by atoms with Crippen molar-refractivity contribution < 1.29 is 18.6 Å². The molecule has 0 amide bonds. The molecule has 1 aromatic heterocycles. The van der Waals surface area contributed by atoms with Crippen molar-refractivity contribution >= 4 is 15.9 Å². The van der Waals surface area contributed by atoms with Crippen molar-refractivity contribution in [2.24, 2.45) is 0 Å². The molecule has 1 aromatic carbocycles. The fourth-order valence-corrected chi connectivity index (χ4v) is 2.08. The molecule has 1 heterocycles. The molecule has 0 unspecified atom stereocenters. The third kappa shape index (κ3) is 3.30. The highest BCUT2D eigenvalue weighted by Crippen LogP contribution is 2.27. The highest BCUT2D eigenvalue weighted by molar-refractivity contribution is 9.10. The number of ether oxygens (including phenoxy) is 1. The summed E-state index contributed by atoms with van der Waals surface area (Å²) in [6, 6.07) is 5.06. The lowest BCUT2D eigenvalue weighted by molar-refractivity contribution is 0.0632. The van der Waals surface area contributed by atoms with Gasteiger partial charge in [-0.3, -0.25) is 4.57 Å². The quantitative estimate of drug-likeness (QED) is 0.915. The highest BCUT2D eigenvalue weighted by atomic mass is 79.9. The van der Waals surface area contributed by atoms with E-state index in [4.69, 9.17) is 9.84 Å². The molecular weight excluding hydrogens is 322 g/mol. The zero-order valence-corrected chi connectivity index (χ0v) is 11.3. The van der Waals surface area contributed by atoms with Crippen LogP contribution in [0, 0.1) is 0 Å². The lowest BCUT2D eigenvalue weighted by Gasteiger charge is -2.10. The van der Waals surface area contributed by atoms with Crippen molar-refractivity contribution in [3.05, 3.63) is 46.5 Å². The maximum absolute atomic E-state index is 12.6. The maximum Gasteiger partial charge on any atom is 0.320 e. The molecule has 19 heavy (non-hydrogen) atoms. The summed E-state index contributed by atoms with van der Waals surface area (Å²) in [4.78, 5) is 3.82. The Bertz CT molecular complexity index is 560. The number of hydrogen-bond acceptors (Lipinski definition) is 3. The number of alkyl halides is 2. The predicted octanol–water partition coefficient (Wildman–Crippen LogP) is 3.11. The Kier molecular flexibility index (Phi) is 4.49. The molecule has 0 aliphatic rings. The van der Waals surface area contributed by atoms with Gasteiger partial charge in [-0.15, -0.1) is 0 Å². The average molecular weight is 333 g/mol. The first-order chi connectivity index (χ1) is 9.11. The van der Waals surface area contributed by atoms with E-state index in [9.17, 15) is 8.78 Å². The third-order valence-electron chi connectivity index (χ3n) is 2.49. The van der Waals surface area contributed by atoms with Crippen molar-refractivity contribution in [2.45, 2.75) is 19.8 Å². The largest absolute Gasteiger partial charge is 0.484 e. The van der Waals surface area contributed by atoms with Crippen LogP contribution in [0.1, 0.15) is 17.9 Å². The van der Waals surface area contributed by atoms with Crippen LogP contribution in [0.5, 0.6) is 5.75 Å². The molecule has 0 bridgehead atoms. The summed E-state index contributed by atoms with van der Waals surface area (Å²) < 4.78 is 32.0. The number of aromatic nitrogens is 2. The fraction of sp³-hybridized carbons (Fsp3) is 0.250. The molecule has 0 saturated heterocycles. The Morgan fingerprint density at radius 1 is 1.42 bits per heavy atom. The molecule has 2 aromatic rings. The van der Waals surface area contributed by atoms with Crippen molar-refractivity contribution in [2.75, 3.05) is 0 Å². The summed E-state index contributed by atoms with van der Waals surface area (Å²) in [5.74, 6) is 0.647. The van der Waals surface area contributed by atoms with E-state index in [0.29, 0.717) is 10.2 Å². The van der Waals surface area contributed by atoms with Gasteiger partial charge in [0, 0.05) is 12.4 Å². The summed E-state index contributed by atoms with van der Waals surface area (Å²) in [7, 11) is 0. The minimum absolute atomic E-state index is 0.0611. The first kappa shape index (κ1) is 14.0. The van der Waals surface area contributed by atoms with Gasteiger partial charge in [0.25, 0.3) is 0 Å². The molecule has 0 aliphatic heterocycles.